The maximum atomic E-state index is 12.8. The smallest absolute Gasteiger partial charge is 0.268 e. The Bertz CT molecular complexity index is 1160. The van der Waals surface area contributed by atoms with E-state index >= 15 is 0 Å². The highest BCUT2D eigenvalue weighted by atomic mass is 31.2. The molecule has 0 saturated heterocycles. The Hall–Kier alpha value is -2.58. The fraction of sp³-hybridized carbons (Fsp3) is 0.605. The van der Waals surface area contributed by atoms with Crippen LogP contribution in [0.5, 0.6) is 0 Å². The van der Waals surface area contributed by atoms with Crippen molar-refractivity contribution in [3.8, 4) is 0 Å². The van der Waals surface area contributed by atoms with Gasteiger partial charge in [-0.25, -0.2) is 0 Å². The molecule has 0 fully saturated rings. The van der Waals surface area contributed by atoms with E-state index in [2.05, 4.69) is 104 Å². The van der Waals surface area contributed by atoms with Gasteiger partial charge >= 0.3 is 0 Å². The van der Waals surface area contributed by atoms with Crippen LogP contribution in [0, 0.1) is 0 Å². The molecule has 0 aromatic carbocycles. The number of carbonyl (C=O) groups excluding carboxylic acids is 1. The lowest BCUT2D eigenvalue weighted by molar-refractivity contribution is -0.870. The Balaban J connectivity index is 4.72. The topological polar surface area (TPSA) is 108 Å². The molecule has 0 aliphatic carbocycles. The number of nitrogens with zero attached hydrogens (tertiary/aromatic N) is 1. The number of likely N-dealkylation sites (N-methyl/N-ethyl adjacent to an activating group) is 1. The molecule has 8 nitrogen and oxygen atoms in total. The average molecular weight is 745 g/mol. The zero-order valence-electron chi connectivity index (χ0n) is 33.2. The van der Waals surface area contributed by atoms with E-state index in [4.69, 9.17) is 9.05 Å². The van der Waals surface area contributed by atoms with E-state index < -0.39 is 26.6 Å². The number of amides is 1. The first kappa shape index (κ1) is 49.4. The number of aliphatic hydroxyl groups excluding tert-OH is 1. The fourth-order valence-corrected chi connectivity index (χ4v) is 5.35. The summed E-state index contributed by atoms with van der Waals surface area (Å²) >= 11 is 0. The number of phosphoric acid groups is 1. The third-order valence-corrected chi connectivity index (χ3v) is 8.72. The van der Waals surface area contributed by atoms with Gasteiger partial charge in [0, 0.05) is 6.42 Å². The maximum Gasteiger partial charge on any atom is 0.268 e. The number of allylic oxidation sites excluding steroid dienone is 15. The van der Waals surface area contributed by atoms with Crippen LogP contribution in [0.4, 0.5) is 0 Å². The van der Waals surface area contributed by atoms with Crippen LogP contribution in [0.1, 0.15) is 117 Å². The summed E-state index contributed by atoms with van der Waals surface area (Å²) in [5, 5.41) is 13.6. The van der Waals surface area contributed by atoms with Crippen LogP contribution in [0.25, 0.3) is 0 Å². The minimum absolute atomic E-state index is 0.0255. The largest absolute Gasteiger partial charge is 0.756 e. The zero-order chi connectivity index (χ0) is 38.6. The molecule has 0 bridgehead atoms. The molecule has 2 N–H and O–H groups in total. The Morgan fingerprint density at radius 3 is 1.71 bits per heavy atom. The molecule has 0 aromatic rings. The summed E-state index contributed by atoms with van der Waals surface area (Å²) in [5.41, 5.74) is 0. The van der Waals surface area contributed by atoms with Gasteiger partial charge in [0.15, 0.2) is 0 Å². The molecule has 0 aromatic heterocycles. The SMILES string of the molecule is CC/C=C\C/C=C\C/C=C\C/C=C\C/C=C\CCCC(=O)NC(COP(=O)([O-])OCC[N+](C)(C)C)C(O)/C=C/CC/C=C/CC/C=C/CCCCC. The number of nitrogens with one attached hydrogen (secondary N) is 1. The second-order valence-corrected chi connectivity index (χ2v) is 15.3. The normalized spacial score (nSPS) is 15.6. The quantitative estimate of drug-likeness (QED) is 0.0300. The van der Waals surface area contributed by atoms with Crippen LogP contribution in [-0.2, 0) is 18.4 Å². The molecule has 0 saturated carbocycles. The molecule has 0 rings (SSSR count). The number of quaternary nitrogens is 1. The molecule has 296 valence electrons. The van der Waals surface area contributed by atoms with Crippen molar-refractivity contribution in [2.45, 2.75) is 129 Å². The molecular weight excluding hydrogens is 671 g/mol. The van der Waals surface area contributed by atoms with Gasteiger partial charge in [-0.05, 0) is 83.5 Å². The number of phosphoric ester groups is 1. The molecule has 0 aliphatic heterocycles. The molecule has 0 spiro atoms. The van der Waals surface area contributed by atoms with E-state index in [0.717, 1.165) is 64.2 Å². The summed E-state index contributed by atoms with van der Waals surface area (Å²) in [5.74, 6) is -0.276. The second-order valence-electron chi connectivity index (χ2n) is 13.9. The summed E-state index contributed by atoms with van der Waals surface area (Å²) in [6.07, 6.45) is 47.5. The summed E-state index contributed by atoms with van der Waals surface area (Å²) in [6, 6.07) is -0.943. The first-order valence-electron chi connectivity index (χ1n) is 19.6. The predicted octanol–water partition coefficient (Wildman–Crippen LogP) is 9.77. The standard InChI is InChI=1S/C43H73N2O6P/c1-6-8-10-12-14-16-18-20-21-22-23-25-27-29-31-33-35-37-43(47)44-41(40-51-52(48,49)50-39-38-45(3,4)5)42(46)36-34-32-30-28-26-24-19-17-15-13-11-9-7-2/h8,10,14-17,20-21,23,25-26,28-29,31,34,36,41-42,46H,6-7,9,11-13,18-19,22,24,27,30,32-33,35,37-40H2,1-5H3,(H-,44,47,48,49)/b10-8-,16-14-,17-15+,21-20-,25-23-,28-26+,31-29-,36-34+. The number of unbranched alkanes of at least 4 members (excludes halogenated alkanes) is 6. The van der Waals surface area contributed by atoms with Crippen LogP contribution >= 0.6 is 7.82 Å². The van der Waals surface area contributed by atoms with E-state index in [0.29, 0.717) is 23.9 Å². The molecule has 52 heavy (non-hydrogen) atoms. The predicted molar refractivity (Wildman–Crippen MR) is 219 cm³/mol. The Morgan fingerprint density at radius 2 is 1.17 bits per heavy atom. The maximum absolute atomic E-state index is 12.8. The molecular formula is C43H73N2O6P. The van der Waals surface area contributed by atoms with Gasteiger partial charge in [-0.2, -0.15) is 0 Å². The van der Waals surface area contributed by atoms with Crippen molar-refractivity contribution in [3.05, 3.63) is 97.2 Å². The monoisotopic (exact) mass is 745 g/mol. The minimum atomic E-state index is -4.61. The Morgan fingerprint density at radius 1 is 0.692 bits per heavy atom. The van der Waals surface area contributed by atoms with Gasteiger partial charge in [0.2, 0.25) is 5.91 Å². The summed E-state index contributed by atoms with van der Waals surface area (Å²) < 4.78 is 23.0. The molecule has 0 heterocycles. The molecule has 3 atom stereocenters. The van der Waals surface area contributed by atoms with Crippen molar-refractivity contribution >= 4 is 13.7 Å². The van der Waals surface area contributed by atoms with E-state index in [9.17, 15) is 19.4 Å². The number of rotatable bonds is 33. The molecule has 0 aliphatic rings. The lowest BCUT2D eigenvalue weighted by Gasteiger charge is -2.29. The Kier molecular flexibility index (Phi) is 32.5. The van der Waals surface area contributed by atoms with E-state index in [1.165, 1.54) is 19.3 Å². The van der Waals surface area contributed by atoms with Gasteiger partial charge < -0.3 is 28.8 Å². The molecule has 9 heteroatoms. The zero-order valence-corrected chi connectivity index (χ0v) is 34.1. The number of hydrogen-bond donors (Lipinski definition) is 2. The first-order valence-corrected chi connectivity index (χ1v) is 21.1. The van der Waals surface area contributed by atoms with Gasteiger partial charge in [-0.1, -0.05) is 124 Å². The van der Waals surface area contributed by atoms with Crippen molar-refractivity contribution in [3.63, 3.8) is 0 Å². The van der Waals surface area contributed by atoms with Gasteiger partial charge in [-0.3, -0.25) is 9.36 Å². The fourth-order valence-electron chi connectivity index (χ4n) is 4.63. The van der Waals surface area contributed by atoms with Crippen LogP contribution in [0.2, 0.25) is 0 Å². The average Bonchev–Trinajstić information content (AvgIpc) is 3.09. The van der Waals surface area contributed by atoms with Crippen molar-refractivity contribution in [1.82, 2.24) is 5.32 Å². The van der Waals surface area contributed by atoms with E-state index in [1.54, 1.807) is 6.08 Å². The van der Waals surface area contributed by atoms with Crippen LogP contribution in [0.15, 0.2) is 97.2 Å². The van der Waals surface area contributed by atoms with Crippen LogP contribution in [0.3, 0.4) is 0 Å². The summed E-state index contributed by atoms with van der Waals surface area (Å²) in [6.45, 7) is 4.37. The summed E-state index contributed by atoms with van der Waals surface area (Å²) in [4.78, 5) is 25.2. The van der Waals surface area contributed by atoms with Gasteiger partial charge in [-0.15, -0.1) is 0 Å². The number of carbonyl (C=O) groups is 1. The van der Waals surface area contributed by atoms with Gasteiger partial charge in [0.05, 0.1) is 39.9 Å². The summed E-state index contributed by atoms with van der Waals surface area (Å²) in [7, 11) is 1.18. The van der Waals surface area contributed by atoms with Crippen molar-refractivity contribution in [2.24, 2.45) is 0 Å². The highest BCUT2D eigenvalue weighted by Gasteiger charge is 2.23. The number of aliphatic hydroxyl groups is 1. The van der Waals surface area contributed by atoms with E-state index in [-0.39, 0.29) is 18.9 Å². The second kappa shape index (κ2) is 34.2. The number of hydrogen-bond acceptors (Lipinski definition) is 6. The highest BCUT2D eigenvalue weighted by Crippen LogP contribution is 2.38. The first-order chi connectivity index (χ1) is 25.0. The van der Waals surface area contributed by atoms with Crippen molar-refractivity contribution in [1.29, 1.82) is 0 Å². The lowest BCUT2D eigenvalue weighted by atomic mass is 10.1. The minimum Gasteiger partial charge on any atom is -0.756 e. The molecule has 3 unspecified atom stereocenters. The Labute approximate surface area is 318 Å². The lowest BCUT2D eigenvalue weighted by Crippen LogP contribution is -2.45. The van der Waals surface area contributed by atoms with Crippen LogP contribution < -0.4 is 10.2 Å². The third kappa shape index (κ3) is 35.8. The van der Waals surface area contributed by atoms with Crippen molar-refractivity contribution < 1.29 is 32.9 Å². The molecule has 0 radical (unpaired) electrons. The van der Waals surface area contributed by atoms with E-state index in [1.807, 2.05) is 27.2 Å². The van der Waals surface area contributed by atoms with Gasteiger partial charge in [0.1, 0.15) is 13.2 Å². The van der Waals surface area contributed by atoms with Gasteiger partial charge in [0.25, 0.3) is 7.82 Å². The van der Waals surface area contributed by atoms with Crippen LogP contribution in [-0.4, -0.2) is 68.5 Å². The molecule has 1 amide bonds. The third-order valence-electron chi connectivity index (χ3n) is 7.76. The highest BCUT2D eigenvalue weighted by molar-refractivity contribution is 7.45. The van der Waals surface area contributed by atoms with Crippen molar-refractivity contribution in [2.75, 3.05) is 40.9 Å².